The number of nitro groups is 1. The molecule has 2 aromatic rings. The van der Waals surface area contributed by atoms with Gasteiger partial charge in [0, 0.05) is 6.07 Å². The first kappa shape index (κ1) is 13.5. The number of carbonyl (C=O) groups is 1. The topological polar surface area (TPSA) is 128 Å². The molecule has 0 unspecified atom stereocenters. The molecular formula is C10H12N6O4. The maximum absolute atomic E-state index is 12.0. The molecule has 0 spiro atoms. The molecule has 0 aliphatic rings. The van der Waals surface area contributed by atoms with Crippen LogP contribution in [-0.4, -0.2) is 37.2 Å². The van der Waals surface area contributed by atoms with Crippen molar-refractivity contribution in [2.45, 2.75) is 6.92 Å². The number of hydrogen-bond donors (Lipinski definition) is 2. The summed E-state index contributed by atoms with van der Waals surface area (Å²) in [5.74, 6) is -0.621. The maximum atomic E-state index is 12.0. The van der Waals surface area contributed by atoms with Crippen LogP contribution in [-0.2, 0) is 7.05 Å². The first-order valence-electron chi connectivity index (χ1n) is 5.69. The molecule has 20 heavy (non-hydrogen) atoms. The predicted molar refractivity (Wildman–Crippen MR) is 67.6 cm³/mol. The SMILES string of the molecule is CCOc1n[nH]c(NC(=O)c2ccc([N+](=O)[O-])n2C)n1. The molecule has 0 aliphatic carbocycles. The molecule has 2 N–H and O–H groups in total. The minimum absolute atomic E-state index is 0.0994. The van der Waals surface area contributed by atoms with Crippen LogP contribution in [0.25, 0.3) is 0 Å². The second-order valence-electron chi connectivity index (χ2n) is 3.75. The van der Waals surface area contributed by atoms with Crippen molar-refractivity contribution in [3.05, 3.63) is 27.9 Å². The summed E-state index contributed by atoms with van der Waals surface area (Å²) in [6.07, 6.45) is 0. The third-order valence-electron chi connectivity index (χ3n) is 2.49. The van der Waals surface area contributed by atoms with E-state index in [-0.39, 0.29) is 23.5 Å². The van der Waals surface area contributed by atoms with Gasteiger partial charge in [-0.15, -0.1) is 5.10 Å². The third kappa shape index (κ3) is 2.58. The summed E-state index contributed by atoms with van der Waals surface area (Å²) in [5, 5.41) is 19.3. The second kappa shape index (κ2) is 5.38. The number of nitrogens with one attached hydrogen (secondary N) is 2. The van der Waals surface area contributed by atoms with Gasteiger partial charge in [-0.2, -0.15) is 4.98 Å². The van der Waals surface area contributed by atoms with Gasteiger partial charge in [-0.3, -0.25) is 10.1 Å². The Hall–Kier alpha value is -2.91. The summed E-state index contributed by atoms with van der Waals surface area (Å²) in [4.78, 5) is 26.0. The number of aromatic amines is 1. The van der Waals surface area contributed by atoms with Crippen LogP contribution in [0.3, 0.4) is 0 Å². The van der Waals surface area contributed by atoms with Crippen molar-refractivity contribution in [1.82, 2.24) is 19.7 Å². The summed E-state index contributed by atoms with van der Waals surface area (Å²) in [6, 6.07) is 2.72. The normalized spacial score (nSPS) is 10.3. The lowest BCUT2D eigenvalue weighted by molar-refractivity contribution is -0.391. The van der Waals surface area contributed by atoms with Crippen LogP contribution >= 0.6 is 0 Å². The molecule has 2 aromatic heterocycles. The quantitative estimate of drug-likeness (QED) is 0.613. The highest BCUT2D eigenvalue weighted by molar-refractivity contribution is 6.02. The van der Waals surface area contributed by atoms with Gasteiger partial charge in [0.2, 0.25) is 5.95 Å². The fourth-order valence-corrected chi connectivity index (χ4v) is 1.58. The van der Waals surface area contributed by atoms with E-state index in [9.17, 15) is 14.9 Å². The van der Waals surface area contributed by atoms with Crippen molar-refractivity contribution < 1.29 is 14.5 Å². The van der Waals surface area contributed by atoms with Gasteiger partial charge >= 0.3 is 11.8 Å². The predicted octanol–water partition coefficient (Wildman–Crippen LogP) is 0.702. The molecule has 0 saturated carbocycles. The van der Waals surface area contributed by atoms with Gasteiger partial charge < -0.3 is 14.9 Å². The molecule has 2 heterocycles. The molecule has 0 saturated heterocycles. The summed E-state index contributed by atoms with van der Waals surface area (Å²) < 4.78 is 6.21. The van der Waals surface area contributed by atoms with Gasteiger partial charge in [-0.25, -0.2) is 9.67 Å². The van der Waals surface area contributed by atoms with Crippen LogP contribution in [0.2, 0.25) is 0 Å². The summed E-state index contributed by atoms with van der Waals surface area (Å²) >= 11 is 0. The molecule has 1 amide bonds. The van der Waals surface area contributed by atoms with Gasteiger partial charge in [0.05, 0.1) is 13.7 Å². The highest BCUT2D eigenvalue weighted by Gasteiger charge is 2.21. The highest BCUT2D eigenvalue weighted by Crippen LogP contribution is 2.16. The molecule has 0 aromatic carbocycles. The highest BCUT2D eigenvalue weighted by atomic mass is 16.6. The molecule has 10 heteroatoms. The number of hydrogen-bond acceptors (Lipinski definition) is 6. The zero-order valence-corrected chi connectivity index (χ0v) is 10.8. The number of anilines is 1. The van der Waals surface area contributed by atoms with Gasteiger partial charge in [0.25, 0.3) is 5.91 Å². The number of amides is 1. The van der Waals surface area contributed by atoms with Crippen LogP contribution in [0.15, 0.2) is 12.1 Å². The molecular weight excluding hydrogens is 268 g/mol. The second-order valence-corrected chi connectivity index (χ2v) is 3.75. The Balaban J connectivity index is 2.13. The minimum atomic E-state index is -0.571. The number of nitrogens with zero attached hydrogens (tertiary/aromatic N) is 4. The van der Waals surface area contributed by atoms with Crippen molar-refractivity contribution in [3.8, 4) is 6.01 Å². The van der Waals surface area contributed by atoms with E-state index >= 15 is 0 Å². The molecule has 10 nitrogen and oxygen atoms in total. The molecule has 0 radical (unpaired) electrons. The lowest BCUT2D eigenvalue weighted by atomic mass is 10.4. The van der Waals surface area contributed by atoms with E-state index in [1.807, 2.05) is 0 Å². The average molecular weight is 280 g/mol. The van der Waals surface area contributed by atoms with Crippen LogP contribution in [0.5, 0.6) is 6.01 Å². The number of ether oxygens (including phenoxy) is 1. The van der Waals surface area contributed by atoms with Crippen molar-refractivity contribution in [2.75, 3.05) is 11.9 Å². The Morgan fingerprint density at radius 3 is 2.95 bits per heavy atom. The first-order valence-corrected chi connectivity index (χ1v) is 5.69. The summed E-state index contributed by atoms with van der Waals surface area (Å²) in [6.45, 7) is 2.17. The van der Waals surface area contributed by atoms with Crippen LogP contribution in [0, 0.1) is 10.1 Å². The molecule has 106 valence electrons. The first-order chi connectivity index (χ1) is 9.52. The van der Waals surface area contributed by atoms with Crippen LogP contribution < -0.4 is 10.1 Å². The Kier molecular flexibility index (Phi) is 3.64. The Morgan fingerprint density at radius 2 is 2.35 bits per heavy atom. The van der Waals surface area contributed by atoms with E-state index in [0.717, 1.165) is 0 Å². The number of carbonyl (C=O) groups excluding carboxylic acids is 1. The van der Waals surface area contributed by atoms with Gasteiger partial charge in [0.1, 0.15) is 0 Å². The smallest absolute Gasteiger partial charge is 0.337 e. The Bertz CT molecular complexity index is 646. The Morgan fingerprint density at radius 1 is 1.60 bits per heavy atom. The number of H-pyrrole nitrogens is 1. The molecule has 2 rings (SSSR count). The van der Waals surface area contributed by atoms with E-state index < -0.39 is 10.8 Å². The third-order valence-corrected chi connectivity index (χ3v) is 2.49. The van der Waals surface area contributed by atoms with E-state index in [1.54, 1.807) is 6.92 Å². The van der Waals surface area contributed by atoms with E-state index in [0.29, 0.717) is 6.61 Å². The lowest BCUT2D eigenvalue weighted by Crippen LogP contribution is -2.17. The maximum Gasteiger partial charge on any atom is 0.337 e. The zero-order chi connectivity index (χ0) is 14.7. The molecule has 0 aliphatic heterocycles. The minimum Gasteiger partial charge on any atom is -0.463 e. The monoisotopic (exact) mass is 280 g/mol. The lowest BCUT2D eigenvalue weighted by Gasteiger charge is -2.00. The van der Waals surface area contributed by atoms with E-state index in [4.69, 9.17) is 4.74 Å². The van der Waals surface area contributed by atoms with E-state index in [1.165, 1.54) is 23.7 Å². The van der Waals surface area contributed by atoms with Crippen LogP contribution in [0.4, 0.5) is 11.8 Å². The van der Waals surface area contributed by atoms with Crippen molar-refractivity contribution >= 4 is 17.7 Å². The molecule has 0 fully saturated rings. The summed E-state index contributed by atoms with van der Waals surface area (Å²) in [5.41, 5.74) is 0.131. The van der Waals surface area contributed by atoms with Gasteiger partial charge in [0.15, 0.2) is 5.69 Å². The van der Waals surface area contributed by atoms with Gasteiger partial charge in [-0.1, -0.05) is 0 Å². The van der Waals surface area contributed by atoms with Crippen molar-refractivity contribution in [3.63, 3.8) is 0 Å². The standard InChI is InChI=1S/C10H12N6O4/c1-3-20-10-12-9(13-14-10)11-8(17)6-4-5-7(15(6)2)16(18)19/h4-5H,3H2,1-2H3,(H2,11,12,13,14,17). The fraction of sp³-hybridized carbons (Fsp3) is 0.300. The summed E-state index contributed by atoms with van der Waals surface area (Å²) in [7, 11) is 1.43. The van der Waals surface area contributed by atoms with Crippen molar-refractivity contribution in [1.29, 1.82) is 0 Å². The van der Waals surface area contributed by atoms with Crippen molar-refractivity contribution in [2.24, 2.45) is 7.05 Å². The zero-order valence-electron chi connectivity index (χ0n) is 10.8. The average Bonchev–Trinajstić information content (AvgIpc) is 2.96. The molecule has 0 atom stereocenters. The van der Waals surface area contributed by atoms with E-state index in [2.05, 4.69) is 20.5 Å². The Labute approximate surface area is 112 Å². The van der Waals surface area contributed by atoms with Crippen LogP contribution in [0.1, 0.15) is 17.4 Å². The fourth-order valence-electron chi connectivity index (χ4n) is 1.58. The molecule has 0 bridgehead atoms. The number of aromatic nitrogens is 4. The number of rotatable bonds is 5. The largest absolute Gasteiger partial charge is 0.463 e. The van der Waals surface area contributed by atoms with Gasteiger partial charge in [-0.05, 0) is 17.9 Å².